The monoisotopic (exact) mass is 234 g/mol. The van der Waals surface area contributed by atoms with E-state index in [0.717, 1.165) is 29.6 Å². The van der Waals surface area contributed by atoms with E-state index in [4.69, 9.17) is 10.2 Å². The summed E-state index contributed by atoms with van der Waals surface area (Å²) in [6, 6.07) is 3.75. The molecule has 2 heterocycles. The Bertz CT molecular complexity index is 498. The summed E-state index contributed by atoms with van der Waals surface area (Å²) in [6.07, 6.45) is 0.873. The van der Waals surface area contributed by atoms with Gasteiger partial charge in [0.25, 0.3) is 0 Å². The summed E-state index contributed by atoms with van der Waals surface area (Å²) in [5, 5.41) is 4.38. The molecule has 92 valence electrons. The first kappa shape index (κ1) is 11.9. The van der Waals surface area contributed by atoms with Gasteiger partial charge in [0.2, 0.25) is 0 Å². The summed E-state index contributed by atoms with van der Waals surface area (Å²) in [4.78, 5) is 4.49. The van der Waals surface area contributed by atoms with E-state index < -0.39 is 0 Å². The fraction of sp³-hybridized carbons (Fsp3) is 0.500. The van der Waals surface area contributed by atoms with Crippen LogP contribution >= 0.6 is 0 Å². The Morgan fingerprint density at radius 3 is 2.76 bits per heavy atom. The topological polar surface area (TPSA) is 69.9 Å². The van der Waals surface area contributed by atoms with Crippen molar-refractivity contribution in [2.24, 2.45) is 18.7 Å². The molecule has 2 N–H and O–H groups in total. The largest absolute Gasteiger partial charge is 0.456 e. The minimum absolute atomic E-state index is 0.400. The van der Waals surface area contributed by atoms with Crippen molar-refractivity contribution in [1.82, 2.24) is 14.8 Å². The maximum absolute atomic E-state index is 5.57. The molecule has 0 bridgehead atoms. The highest BCUT2D eigenvalue weighted by Crippen LogP contribution is 2.20. The van der Waals surface area contributed by atoms with Gasteiger partial charge in [0.15, 0.2) is 17.4 Å². The number of furan rings is 1. The lowest BCUT2D eigenvalue weighted by Gasteiger charge is -1.96. The van der Waals surface area contributed by atoms with Crippen molar-refractivity contribution in [3.63, 3.8) is 0 Å². The Balaban J connectivity index is 2.29. The molecule has 0 saturated heterocycles. The van der Waals surface area contributed by atoms with Gasteiger partial charge in [0.1, 0.15) is 5.76 Å². The van der Waals surface area contributed by atoms with Crippen LogP contribution in [-0.2, 0) is 20.0 Å². The average Bonchev–Trinajstić information content (AvgIpc) is 2.83. The average molecular weight is 234 g/mol. The van der Waals surface area contributed by atoms with E-state index in [1.165, 1.54) is 0 Å². The molecule has 0 atom stereocenters. The van der Waals surface area contributed by atoms with Crippen LogP contribution in [0.5, 0.6) is 0 Å². The third-order valence-corrected chi connectivity index (χ3v) is 2.48. The van der Waals surface area contributed by atoms with Crippen LogP contribution in [0.2, 0.25) is 0 Å². The molecule has 0 unspecified atom stereocenters. The fourth-order valence-corrected chi connectivity index (χ4v) is 1.71. The summed E-state index contributed by atoms with van der Waals surface area (Å²) < 4.78 is 7.32. The molecule has 5 nitrogen and oxygen atoms in total. The fourth-order valence-electron chi connectivity index (χ4n) is 1.71. The third-order valence-electron chi connectivity index (χ3n) is 2.48. The smallest absolute Gasteiger partial charge is 0.194 e. The number of aryl methyl sites for hydroxylation is 1. The normalized spacial score (nSPS) is 11.4. The first-order valence-electron chi connectivity index (χ1n) is 5.79. The van der Waals surface area contributed by atoms with Gasteiger partial charge < -0.3 is 10.2 Å². The van der Waals surface area contributed by atoms with Crippen LogP contribution in [0.1, 0.15) is 25.4 Å². The van der Waals surface area contributed by atoms with Crippen LogP contribution in [0.4, 0.5) is 0 Å². The quantitative estimate of drug-likeness (QED) is 0.874. The van der Waals surface area contributed by atoms with Crippen LogP contribution in [-0.4, -0.2) is 14.8 Å². The zero-order valence-corrected chi connectivity index (χ0v) is 10.5. The predicted molar refractivity (Wildman–Crippen MR) is 65.1 cm³/mol. The number of nitrogens with two attached hydrogens (primary N) is 1. The van der Waals surface area contributed by atoms with Crippen LogP contribution in [0.25, 0.3) is 11.6 Å². The van der Waals surface area contributed by atoms with Gasteiger partial charge in [-0.05, 0) is 18.1 Å². The Morgan fingerprint density at radius 2 is 2.18 bits per heavy atom. The molecular formula is C12H18N4O. The number of hydrogen-bond acceptors (Lipinski definition) is 4. The van der Waals surface area contributed by atoms with Crippen molar-refractivity contribution in [2.75, 3.05) is 0 Å². The molecule has 5 heteroatoms. The highest BCUT2D eigenvalue weighted by Gasteiger charge is 2.13. The van der Waals surface area contributed by atoms with Crippen LogP contribution in [0.15, 0.2) is 16.5 Å². The van der Waals surface area contributed by atoms with E-state index >= 15 is 0 Å². The van der Waals surface area contributed by atoms with E-state index in [2.05, 4.69) is 23.9 Å². The summed E-state index contributed by atoms with van der Waals surface area (Å²) >= 11 is 0. The second-order valence-corrected chi connectivity index (χ2v) is 4.54. The standard InChI is InChI=1S/C12H18N4O/c1-8(2)6-11-14-12(16(3)15-11)10-5-4-9(7-13)17-10/h4-5,8H,6-7,13H2,1-3H3. The molecular weight excluding hydrogens is 216 g/mol. The van der Waals surface area contributed by atoms with Crippen molar-refractivity contribution in [2.45, 2.75) is 26.8 Å². The third kappa shape index (κ3) is 2.55. The molecule has 0 spiro atoms. The number of hydrogen-bond donors (Lipinski definition) is 1. The molecule has 0 aliphatic heterocycles. The van der Waals surface area contributed by atoms with Gasteiger partial charge in [-0.15, -0.1) is 0 Å². The van der Waals surface area contributed by atoms with E-state index in [0.29, 0.717) is 12.5 Å². The molecule has 2 aromatic heterocycles. The molecule has 0 aliphatic carbocycles. The Morgan fingerprint density at radius 1 is 1.41 bits per heavy atom. The van der Waals surface area contributed by atoms with Crippen LogP contribution in [0, 0.1) is 5.92 Å². The Hall–Kier alpha value is -1.62. The van der Waals surface area contributed by atoms with Crippen molar-refractivity contribution >= 4 is 0 Å². The van der Waals surface area contributed by atoms with Gasteiger partial charge in [0.05, 0.1) is 6.54 Å². The van der Waals surface area contributed by atoms with Gasteiger partial charge in [-0.1, -0.05) is 13.8 Å². The molecule has 2 aromatic rings. The minimum atomic E-state index is 0.400. The summed E-state index contributed by atoms with van der Waals surface area (Å²) in [5.41, 5.74) is 5.51. The summed E-state index contributed by atoms with van der Waals surface area (Å²) in [6.45, 7) is 4.70. The zero-order valence-electron chi connectivity index (χ0n) is 10.5. The second-order valence-electron chi connectivity index (χ2n) is 4.54. The molecule has 0 amide bonds. The summed E-state index contributed by atoms with van der Waals surface area (Å²) in [5.74, 6) is 3.62. The van der Waals surface area contributed by atoms with Crippen molar-refractivity contribution in [1.29, 1.82) is 0 Å². The lowest BCUT2D eigenvalue weighted by molar-refractivity contribution is 0.518. The highest BCUT2D eigenvalue weighted by molar-refractivity contribution is 5.47. The molecule has 17 heavy (non-hydrogen) atoms. The molecule has 0 radical (unpaired) electrons. The van der Waals surface area contributed by atoms with E-state index in [1.807, 2.05) is 19.2 Å². The zero-order chi connectivity index (χ0) is 12.4. The number of rotatable bonds is 4. The highest BCUT2D eigenvalue weighted by atomic mass is 16.3. The maximum atomic E-state index is 5.57. The van der Waals surface area contributed by atoms with E-state index in [1.54, 1.807) is 4.68 Å². The van der Waals surface area contributed by atoms with Gasteiger partial charge in [0, 0.05) is 13.5 Å². The van der Waals surface area contributed by atoms with Crippen molar-refractivity contribution in [3.05, 3.63) is 23.7 Å². The summed E-state index contributed by atoms with van der Waals surface area (Å²) in [7, 11) is 1.87. The molecule has 0 aromatic carbocycles. The van der Waals surface area contributed by atoms with E-state index in [9.17, 15) is 0 Å². The lowest BCUT2D eigenvalue weighted by Crippen LogP contribution is -1.97. The first-order chi connectivity index (χ1) is 8.10. The van der Waals surface area contributed by atoms with Gasteiger partial charge >= 0.3 is 0 Å². The van der Waals surface area contributed by atoms with Gasteiger partial charge in [-0.25, -0.2) is 9.67 Å². The lowest BCUT2D eigenvalue weighted by atomic mass is 10.1. The predicted octanol–water partition coefficient (Wildman–Crippen LogP) is 1.73. The maximum Gasteiger partial charge on any atom is 0.194 e. The van der Waals surface area contributed by atoms with Crippen molar-refractivity contribution < 1.29 is 4.42 Å². The second kappa shape index (κ2) is 4.71. The number of nitrogens with zero attached hydrogens (tertiary/aromatic N) is 3. The minimum Gasteiger partial charge on any atom is -0.456 e. The van der Waals surface area contributed by atoms with Gasteiger partial charge in [-0.2, -0.15) is 5.10 Å². The van der Waals surface area contributed by atoms with Crippen molar-refractivity contribution in [3.8, 4) is 11.6 Å². The molecule has 0 fully saturated rings. The van der Waals surface area contributed by atoms with Crippen LogP contribution < -0.4 is 5.73 Å². The molecule has 0 saturated carbocycles. The van der Waals surface area contributed by atoms with E-state index in [-0.39, 0.29) is 0 Å². The first-order valence-corrected chi connectivity index (χ1v) is 5.79. The molecule has 2 rings (SSSR count). The Kier molecular flexibility index (Phi) is 3.28. The Labute approximate surface area is 101 Å². The van der Waals surface area contributed by atoms with Crippen LogP contribution in [0.3, 0.4) is 0 Å². The SMILES string of the molecule is CC(C)Cc1nc(-c2ccc(CN)o2)n(C)n1. The number of aromatic nitrogens is 3. The molecule has 0 aliphatic rings. The van der Waals surface area contributed by atoms with Gasteiger partial charge in [-0.3, -0.25) is 0 Å².